The average molecular weight is 361 g/mol. The lowest BCUT2D eigenvalue weighted by atomic mass is 9.98. The van der Waals surface area contributed by atoms with Gasteiger partial charge in [-0.25, -0.2) is 0 Å². The van der Waals surface area contributed by atoms with Crippen molar-refractivity contribution in [2.75, 3.05) is 33.3 Å². The Morgan fingerprint density at radius 3 is 2.50 bits per heavy atom. The second-order valence-electron chi connectivity index (χ2n) is 6.72. The predicted molar refractivity (Wildman–Crippen MR) is 106 cm³/mol. The van der Waals surface area contributed by atoms with Crippen LogP contribution in [0.2, 0.25) is 0 Å². The van der Waals surface area contributed by atoms with Crippen LogP contribution in [-0.2, 0) is 4.79 Å². The van der Waals surface area contributed by atoms with E-state index < -0.39 is 0 Å². The van der Waals surface area contributed by atoms with Gasteiger partial charge in [-0.2, -0.15) is 0 Å². The van der Waals surface area contributed by atoms with E-state index in [2.05, 4.69) is 40.0 Å². The standard InChI is InChI=1S/C20H32N4O2/c1-4-21-20(24-14-13-22-19(25)17-5-6-17)23-12-11-15(2)16-7-9-18(26-3)10-8-16/h7-10,15,17H,4-6,11-14H2,1-3H3,(H,22,25)(H2,21,23,24). The summed E-state index contributed by atoms with van der Waals surface area (Å²) in [6.45, 7) is 7.13. The van der Waals surface area contributed by atoms with Crippen molar-refractivity contribution in [1.82, 2.24) is 16.0 Å². The summed E-state index contributed by atoms with van der Waals surface area (Å²) in [5, 5.41) is 9.47. The molecule has 1 aromatic rings. The van der Waals surface area contributed by atoms with E-state index in [0.717, 1.165) is 44.1 Å². The second-order valence-corrected chi connectivity index (χ2v) is 6.72. The van der Waals surface area contributed by atoms with Gasteiger partial charge in [0, 0.05) is 32.1 Å². The molecular formula is C20H32N4O2. The van der Waals surface area contributed by atoms with Crippen molar-refractivity contribution in [2.45, 2.75) is 39.0 Å². The van der Waals surface area contributed by atoms with Crippen LogP contribution in [-0.4, -0.2) is 45.2 Å². The smallest absolute Gasteiger partial charge is 0.223 e. The summed E-state index contributed by atoms with van der Waals surface area (Å²) in [6, 6.07) is 8.21. The third kappa shape index (κ3) is 6.94. The van der Waals surface area contributed by atoms with Crippen molar-refractivity contribution in [3.8, 4) is 5.75 Å². The zero-order valence-electron chi connectivity index (χ0n) is 16.2. The summed E-state index contributed by atoms with van der Waals surface area (Å²) in [4.78, 5) is 16.2. The largest absolute Gasteiger partial charge is 0.497 e. The lowest BCUT2D eigenvalue weighted by Gasteiger charge is -2.14. The van der Waals surface area contributed by atoms with Crippen LogP contribution in [0, 0.1) is 5.92 Å². The number of aliphatic imine (C=N–C) groups is 1. The molecule has 1 fully saturated rings. The third-order valence-electron chi connectivity index (χ3n) is 4.53. The number of hydrogen-bond donors (Lipinski definition) is 3. The molecule has 2 rings (SSSR count). The van der Waals surface area contributed by atoms with Crippen LogP contribution in [0.3, 0.4) is 0 Å². The summed E-state index contributed by atoms with van der Waals surface area (Å²) in [6.07, 6.45) is 3.05. The predicted octanol–water partition coefficient (Wildman–Crippen LogP) is 2.27. The summed E-state index contributed by atoms with van der Waals surface area (Å²) < 4.78 is 5.20. The van der Waals surface area contributed by atoms with Crippen molar-refractivity contribution in [3.05, 3.63) is 29.8 Å². The van der Waals surface area contributed by atoms with E-state index in [9.17, 15) is 4.79 Å². The van der Waals surface area contributed by atoms with Crippen molar-refractivity contribution >= 4 is 11.9 Å². The summed E-state index contributed by atoms with van der Waals surface area (Å²) in [5.41, 5.74) is 1.29. The first-order valence-electron chi connectivity index (χ1n) is 9.57. The molecular weight excluding hydrogens is 328 g/mol. The van der Waals surface area contributed by atoms with E-state index in [1.54, 1.807) is 7.11 Å². The number of ether oxygens (including phenoxy) is 1. The molecule has 1 saturated carbocycles. The van der Waals surface area contributed by atoms with Gasteiger partial charge in [0.1, 0.15) is 5.75 Å². The first kappa shape index (κ1) is 20.1. The zero-order valence-corrected chi connectivity index (χ0v) is 16.2. The maximum absolute atomic E-state index is 11.6. The van der Waals surface area contributed by atoms with Gasteiger partial charge in [0.05, 0.1) is 7.11 Å². The van der Waals surface area contributed by atoms with Gasteiger partial charge in [0.25, 0.3) is 0 Å². The summed E-state index contributed by atoms with van der Waals surface area (Å²) in [7, 11) is 1.68. The van der Waals surface area contributed by atoms with E-state index in [1.165, 1.54) is 5.56 Å². The molecule has 0 aromatic heterocycles. The number of methoxy groups -OCH3 is 1. The van der Waals surface area contributed by atoms with Crippen LogP contribution in [0.15, 0.2) is 29.3 Å². The third-order valence-corrected chi connectivity index (χ3v) is 4.53. The SMILES string of the molecule is CCNC(=NCCC(C)c1ccc(OC)cc1)NCCNC(=O)C1CC1. The molecule has 0 spiro atoms. The molecule has 1 aliphatic carbocycles. The lowest BCUT2D eigenvalue weighted by Crippen LogP contribution is -2.41. The Labute approximate surface area is 156 Å². The van der Waals surface area contributed by atoms with E-state index in [-0.39, 0.29) is 11.8 Å². The van der Waals surface area contributed by atoms with Gasteiger partial charge < -0.3 is 20.7 Å². The molecule has 0 aliphatic heterocycles. The van der Waals surface area contributed by atoms with Gasteiger partial charge in [-0.1, -0.05) is 19.1 Å². The van der Waals surface area contributed by atoms with E-state index in [0.29, 0.717) is 19.0 Å². The molecule has 6 heteroatoms. The Hall–Kier alpha value is -2.24. The Morgan fingerprint density at radius 1 is 1.19 bits per heavy atom. The molecule has 1 atom stereocenters. The van der Waals surface area contributed by atoms with E-state index in [1.807, 2.05) is 19.1 Å². The first-order valence-corrected chi connectivity index (χ1v) is 9.57. The van der Waals surface area contributed by atoms with Crippen LogP contribution in [0.5, 0.6) is 5.75 Å². The van der Waals surface area contributed by atoms with Crippen LogP contribution >= 0.6 is 0 Å². The molecule has 1 unspecified atom stereocenters. The second kappa shape index (κ2) is 10.7. The fourth-order valence-corrected chi connectivity index (χ4v) is 2.67. The molecule has 144 valence electrons. The van der Waals surface area contributed by atoms with Crippen LogP contribution in [0.1, 0.15) is 44.6 Å². The molecule has 3 N–H and O–H groups in total. The molecule has 6 nitrogen and oxygen atoms in total. The van der Waals surface area contributed by atoms with Crippen molar-refractivity contribution in [3.63, 3.8) is 0 Å². The number of nitrogens with one attached hydrogen (secondary N) is 3. The maximum atomic E-state index is 11.6. The van der Waals surface area contributed by atoms with E-state index >= 15 is 0 Å². The first-order chi connectivity index (χ1) is 12.6. The Balaban J connectivity index is 1.71. The number of rotatable bonds is 10. The van der Waals surface area contributed by atoms with Crippen LogP contribution in [0.4, 0.5) is 0 Å². The fourth-order valence-electron chi connectivity index (χ4n) is 2.67. The Morgan fingerprint density at radius 2 is 1.88 bits per heavy atom. The minimum Gasteiger partial charge on any atom is -0.497 e. The van der Waals surface area contributed by atoms with Crippen LogP contribution < -0.4 is 20.7 Å². The minimum atomic E-state index is 0.182. The number of benzene rings is 1. The van der Waals surface area contributed by atoms with Gasteiger partial charge in [-0.3, -0.25) is 9.79 Å². The van der Waals surface area contributed by atoms with Gasteiger partial charge in [-0.15, -0.1) is 0 Å². The monoisotopic (exact) mass is 360 g/mol. The van der Waals surface area contributed by atoms with Crippen LogP contribution in [0.25, 0.3) is 0 Å². The molecule has 1 amide bonds. The van der Waals surface area contributed by atoms with Crippen molar-refractivity contribution in [2.24, 2.45) is 10.9 Å². The highest BCUT2D eigenvalue weighted by Gasteiger charge is 2.28. The van der Waals surface area contributed by atoms with Crippen molar-refractivity contribution < 1.29 is 9.53 Å². The highest BCUT2D eigenvalue weighted by atomic mass is 16.5. The number of hydrogen-bond acceptors (Lipinski definition) is 3. The number of nitrogens with zero attached hydrogens (tertiary/aromatic N) is 1. The van der Waals surface area contributed by atoms with Gasteiger partial charge >= 0.3 is 0 Å². The van der Waals surface area contributed by atoms with E-state index in [4.69, 9.17) is 4.74 Å². The highest BCUT2D eigenvalue weighted by Crippen LogP contribution is 2.28. The minimum absolute atomic E-state index is 0.182. The fraction of sp³-hybridized carbons (Fsp3) is 0.600. The van der Waals surface area contributed by atoms with Crippen molar-refractivity contribution in [1.29, 1.82) is 0 Å². The summed E-state index contributed by atoms with van der Waals surface area (Å²) in [5.74, 6) is 2.56. The molecule has 0 radical (unpaired) electrons. The molecule has 0 heterocycles. The molecule has 1 aliphatic rings. The average Bonchev–Trinajstić information content (AvgIpc) is 3.50. The number of guanidine groups is 1. The van der Waals surface area contributed by atoms with Gasteiger partial charge in [0.2, 0.25) is 5.91 Å². The number of amides is 1. The molecule has 1 aromatic carbocycles. The molecule has 0 bridgehead atoms. The zero-order chi connectivity index (χ0) is 18.8. The summed E-state index contributed by atoms with van der Waals surface area (Å²) >= 11 is 0. The maximum Gasteiger partial charge on any atom is 0.223 e. The lowest BCUT2D eigenvalue weighted by molar-refractivity contribution is -0.122. The van der Waals surface area contributed by atoms with Gasteiger partial charge in [-0.05, 0) is 49.8 Å². The molecule has 26 heavy (non-hydrogen) atoms. The number of carbonyl (C=O) groups excluding carboxylic acids is 1. The Bertz CT molecular complexity index is 582. The molecule has 0 saturated heterocycles. The highest BCUT2D eigenvalue weighted by molar-refractivity contribution is 5.81. The quantitative estimate of drug-likeness (QED) is 0.340. The topological polar surface area (TPSA) is 74.8 Å². The number of carbonyl (C=O) groups is 1. The Kier molecular flexibility index (Phi) is 8.25. The normalized spacial score (nSPS) is 15.3. The van der Waals surface area contributed by atoms with Gasteiger partial charge in [0.15, 0.2) is 5.96 Å².